The molecule has 2 heterocycles. The van der Waals surface area contributed by atoms with E-state index in [1.165, 1.54) is 0 Å². The fourth-order valence-electron chi connectivity index (χ4n) is 3.36. The third-order valence-electron chi connectivity index (χ3n) is 4.80. The topological polar surface area (TPSA) is 38.1 Å². The normalized spacial score (nSPS) is 20.9. The average molecular weight is 374 g/mol. The molecule has 1 atom stereocenters. The second kappa shape index (κ2) is 6.11. The van der Waals surface area contributed by atoms with Gasteiger partial charge in [0.1, 0.15) is 5.82 Å². The molecule has 1 aliphatic heterocycles. The van der Waals surface area contributed by atoms with Crippen LogP contribution in [0.5, 0.6) is 0 Å². The Labute approximate surface area is 144 Å². The van der Waals surface area contributed by atoms with Gasteiger partial charge in [-0.3, -0.25) is 4.79 Å². The molecule has 1 aromatic carbocycles. The van der Waals surface area contributed by atoms with Crippen LogP contribution in [0.2, 0.25) is 0 Å². The molecule has 1 amide bonds. The monoisotopic (exact) mass is 373 g/mol. The van der Waals surface area contributed by atoms with Gasteiger partial charge in [-0.05, 0) is 37.3 Å². The highest BCUT2D eigenvalue weighted by molar-refractivity contribution is 9.10. The van der Waals surface area contributed by atoms with Gasteiger partial charge in [-0.1, -0.05) is 28.1 Å². The maximum absolute atomic E-state index is 12.2. The van der Waals surface area contributed by atoms with Crippen molar-refractivity contribution in [2.75, 3.05) is 13.1 Å². The summed E-state index contributed by atoms with van der Waals surface area (Å²) in [4.78, 5) is 18.8. The lowest BCUT2D eigenvalue weighted by Crippen LogP contribution is -2.30. The minimum Gasteiger partial charge on any atom is -0.342 e. The van der Waals surface area contributed by atoms with Crippen molar-refractivity contribution < 1.29 is 4.79 Å². The lowest BCUT2D eigenvalue weighted by Gasteiger charge is -2.17. The molecule has 2 aromatic rings. The van der Waals surface area contributed by atoms with E-state index in [-0.39, 0.29) is 0 Å². The molecule has 1 aliphatic carbocycles. The van der Waals surface area contributed by atoms with Gasteiger partial charge >= 0.3 is 0 Å². The Hall–Kier alpha value is -1.62. The predicted octanol–water partition coefficient (Wildman–Crippen LogP) is 3.57. The van der Waals surface area contributed by atoms with Crippen molar-refractivity contribution in [2.45, 2.75) is 25.8 Å². The molecule has 4 rings (SSSR count). The summed E-state index contributed by atoms with van der Waals surface area (Å²) in [6.45, 7) is 2.75. The first kappa shape index (κ1) is 14.9. The summed E-state index contributed by atoms with van der Waals surface area (Å²) in [6, 6.07) is 8.25. The summed E-state index contributed by atoms with van der Waals surface area (Å²) in [5.74, 6) is 2.25. The summed E-state index contributed by atoms with van der Waals surface area (Å²) in [7, 11) is 0. The zero-order valence-corrected chi connectivity index (χ0v) is 14.6. The van der Waals surface area contributed by atoms with Crippen LogP contribution >= 0.6 is 15.9 Å². The average Bonchev–Trinajstić information content (AvgIpc) is 3.14. The first-order valence-electron chi connectivity index (χ1n) is 8.26. The van der Waals surface area contributed by atoms with Crippen molar-refractivity contribution in [1.29, 1.82) is 0 Å². The second-order valence-corrected chi connectivity index (χ2v) is 7.54. The van der Waals surface area contributed by atoms with Crippen molar-refractivity contribution >= 4 is 21.8 Å². The number of imidazole rings is 1. The fraction of sp³-hybridized carbons (Fsp3) is 0.444. The fourth-order valence-corrected chi connectivity index (χ4v) is 3.63. The van der Waals surface area contributed by atoms with Crippen LogP contribution in [0.15, 0.2) is 41.1 Å². The van der Waals surface area contributed by atoms with Gasteiger partial charge in [0.25, 0.3) is 0 Å². The molecule has 1 saturated carbocycles. The minimum atomic E-state index is 0.334. The van der Waals surface area contributed by atoms with E-state index in [4.69, 9.17) is 0 Å². The van der Waals surface area contributed by atoms with Gasteiger partial charge in [0.05, 0.1) is 0 Å². The molecule has 5 heteroatoms. The standard InChI is InChI=1S/C18H20BrN3O/c19-16-5-3-14(4-6-16)17-20-8-10-21(17)11-13-7-9-22(12-13)18(23)15-1-2-15/h3-6,8,10,13,15H,1-2,7,9,11-12H2/t13-/m0/s1. The van der Waals surface area contributed by atoms with E-state index in [1.807, 2.05) is 24.5 Å². The van der Waals surface area contributed by atoms with Crippen LogP contribution in [-0.2, 0) is 11.3 Å². The van der Waals surface area contributed by atoms with Gasteiger partial charge in [0.15, 0.2) is 0 Å². The highest BCUT2D eigenvalue weighted by atomic mass is 79.9. The highest BCUT2D eigenvalue weighted by Gasteiger charge is 2.36. The molecule has 120 valence electrons. The first-order valence-corrected chi connectivity index (χ1v) is 9.06. The predicted molar refractivity (Wildman–Crippen MR) is 92.8 cm³/mol. The molecule has 0 bridgehead atoms. The molecule has 0 spiro atoms. The molecular weight excluding hydrogens is 354 g/mol. The summed E-state index contributed by atoms with van der Waals surface area (Å²) in [5.41, 5.74) is 1.13. The number of carbonyl (C=O) groups excluding carboxylic acids is 1. The number of nitrogens with zero attached hydrogens (tertiary/aromatic N) is 3. The van der Waals surface area contributed by atoms with Crippen molar-refractivity contribution in [3.63, 3.8) is 0 Å². The summed E-state index contributed by atoms with van der Waals surface area (Å²) in [6.07, 6.45) is 7.18. The second-order valence-electron chi connectivity index (χ2n) is 6.62. The minimum absolute atomic E-state index is 0.334. The highest BCUT2D eigenvalue weighted by Crippen LogP contribution is 2.33. The van der Waals surface area contributed by atoms with E-state index >= 15 is 0 Å². The van der Waals surface area contributed by atoms with Crippen LogP contribution in [0.3, 0.4) is 0 Å². The third kappa shape index (κ3) is 3.20. The Kier molecular flexibility index (Phi) is 3.97. The first-order chi connectivity index (χ1) is 11.2. The van der Waals surface area contributed by atoms with Crippen molar-refractivity contribution in [3.8, 4) is 11.4 Å². The van der Waals surface area contributed by atoms with E-state index in [2.05, 4.69) is 42.5 Å². The smallest absolute Gasteiger partial charge is 0.225 e. The molecule has 2 fully saturated rings. The van der Waals surface area contributed by atoms with E-state index in [1.54, 1.807) is 0 Å². The van der Waals surface area contributed by atoms with E-state index in [9.17, 15) is 4.79 Å². The van der Waals surface area contributed by atoms with Gasteiger partial charge in [0.2, 0.25) is 5.91 Å². The number of hydrogen-bond acceptors (Lipinski definition) is 2. The van der Waals surface area contributed by atoms with Gasteiger partial charge in [-0.15, -0.1) is 0 Å². The molecule has 1 saturated heterocycles. The maximum Gasteiger partial charge on any atom is 0.225 e. The molecule has 23 heavy (non-hydrogen) atoms. The summed E-state index contributed by atoms with van der Waals surface area (Å²) >= 11 is 3.47. The number of amides is 1. The van der Waals surface area contributed by atoms with Crippen molar-refractivity contribution in [1.82, 2.24) is 14.5 Å². The quantitative estimate of drug-likeness (QED) is 0.821. The third-order valence-corrected chi connectivity index (χ3v) is 5.33. The van der Waals surface area contributed by atoms with Crippen LogP contribution in [0.1, 0.15) is 19.3 Å². The van der Waals surface area contributed by atoms with E-state index < -0.39 is 0 Å². The van der Waals surface area contributed by atoms with Crippen LogP contribution < -0.4 is 0 Å². The Balaban J connectivity index is 1.45. The van der Waals surface area contributed by atoms with E-state index in [0.717, 1.165) is 54.8 Å². The van der Waals surface area contributed by atoms with Crippen LogP contribution in [0.25, 0.3) is 11.4 Å². The molecular formula is C18H20BrN3O. The zero-order chi connectivity index (χ0) is 15.8. The maximum atomic E-state index is 12.2. The van der Waals surface area contributed by atoms with Crippen LogP contribution in [0.4, 0.5) is 0 Å². The van der Waals surface area contributed by atoms with Gasteiger partial charge in [-0.25, -0.2) is 4.98 Å². The largest absolute Gasteiger partial charge is 0.342 e. The number of carbonyl (C=O) groups is 1. The molecule has 1 aromatic heterocycles. The number of rotatable bonds is 4. The SMILES string of the molecule is O=C(C1CC1)N1CC[C@@H](Cn2ccnc2-c2ccc(Br)cc2)C1. The molecule has 4 nitrogen and oxygen atoms in total. The number of aromatic nitrogens is 2. The Morgan fingerprint density at radius 2 is 2.00 bits per heavy atom. The Morgan fingerprint density at radius 1 is 1.22 bits per heavy atom. The van der Waals surface area contributed by atoms with Crippen LogP contribution in [-0.4, -0.2) is 33.4 Å². The lowest BCUT2D eigenvalue weighted by atomic mass is 10.1. The van der Waals surface area contributed by atoms with Crippen LogP contribution in [0, 0.1) is 11.8 Å². The number of hydrogen-bond donors (Lipinski definition) is 0. The van der Waals surface area contributed by atoms with E-state index in [0.29, 0.717) is 17.7 Å². The summed E-state index contributed by atoms with van der Waals surface area (Å²) in [5, 5.41) is 0. The van der Waals surface area contributed by atoms with Crippen molar-refractivity contribution in [3.05, 3.63) is 41.1 Å². The summed E-state index contributed by atoms with van der Waals surface area (Å²) < 4.78 is 3.29. The number of likely N-dealkylation sites (tertiary alicyclic amines) is 1. The van der Waals surface area contributed by atoms with Gasteiger partial charge < -0.3 is 9.47 Å². The van der Waals surface area contributed by atoms with Crippen molar-refractivity contribution in [2.24, 2.45) is 11.8 Å². The Bertz CT molecular complexity index is 705. The van der Waals surface area contributed by atoms with Gasteiger partial charge in [-0.2, -0.15) is 0 Å². The lowest BCUT2D eigenvalue weighted by molar-refractivity contribution is -0.131. The number of benzene rings is 1. The molecule has 0 unspecified atom stereocenters. The van der Waals surface area contributed by atoms with Gasteiger partial charge in [0, 0.05) is 48.0 Å². The molecule has 0 radical (unpaired) electrons. The Morgan fingerprint density at radius 3 is 2.74 bits per heavy atom. The number of halogens is 1. The zero-order valence-electron chi connectivity index (χ0n) is 13.0. The molecule has 0 N–H and O–H groups in total. The molecule has 2 aliphatic rings.